The quantitative estimate of drug-likeness (QED) is 0.858. The minimum absolute atomic E-state index is 0.00130. The smallest absolute Gasteiger partial charge is 0.267 e. The average molecular weight is 256 g/mol. The number of methoxy groups -OCH3 is 1. The summed E-state index contributed by atoms with van der Waals surface area (Å²) in [6, 6.07) is 1.80. The molecule has 0 radical (unpaired) electrons. The number of carbonyl (C=O) groups is 1. The Morgan fingerprint density at radius 3 is 3.29 bits per heavy atom. The Balaban J connectivity index is 2.09. The van der Waals surface area contributed by atoms with Crippen LogP contribution in [0.15, 0.2) is 11.4 Å². The number of nitrogens with zero attached hydrogens (tertiary/aromatic N) is 1. The van der Waals surface area contributed by atoms with Gasteiger partial charge in [0.15, 0.2) is 0 Å². The lowest BCUT2D eigenvalue weighted by Gasteiger charge is -2.32. The van der Waals surface area contributed by atoms with E-state index in [9.17, 15) is 4.79 Å². The minimum Gasteiger partial charge on any atom is -0.495 e. The molecule has 1 aliphatic rings. The Labute approximate surface area is 104 Å². The number of morpholine rings is 1. The molecule has 0 spiro atoms. The van der Waals surface area contributed by atoms with Crippen molar-refractivity contribution in [1.82, 2.24) is 4.90 Å². The van der Waals surface area contributed by atoms with E-state index >= 15 is 0 Å². The van der Waals surface area contributed by atoms with Gasteiger partial charge in [-0.15, -0.1) is 11.3 Å². The normalized spacial score (nSPS) is 20.4. The zero-order valence-corrected chi connectivity index (χ0v) is 10.5. The lowest BCUT2D eigenvalue weighted by Crippen LogP contribution is -2.48. The van der Waals surface area contributed by atoms with Gasteiger partial charge < -0.3 is 20.1 Å². The zero-order valence-electron chi connectivity index (χ0n) is 9.72. The van der Waals surface area contributed by atoms with Crippen LogP contribution < -0.4 is 10.5 Å². The minimum atomic E-state index is -0.0568. The van der Waals surface area contributed by atoms with Crippen molar-refractivity contribution in [3.8, 4) is 5.75 Å². The van der Waals surface area contributed by atoms with Crippen molar-refractivity contribution in [1.29, 1.82) is 0 Å². The van der Waals surface area contributed by atoms with Crippen LogP contribution in [0.1, 0.15) is 9.67 Å². The van der Waals surface area contributed by atoms with E-state index in [-0.39, 0.29) is 12.0 Å². The lowest BCUT2D eigenvalue weighted by molar-refractivity contribution is -0.0166. The van der Waals surface area contributed by atoms with Gasteiger partial charge in [0.25, 0.3) is 5.91 Å². The average Bonchev–Trinajstić information content (AvgIpc) is 2.86. The summed E-state index contributed by atoms with van der Waals surface area (Å²) in [7, 11) is 1.57. The van der Waals surface area contributed by atoms with Crippen LogP contribution >= 0.6 is 11.3 Å². The Bertz CT molecular complexity index is 394. The first-order valence-corrected chi connectivity index (χ1v) is 6.36. The maximum Gasteiger partial charge on any atom is 0.267 e. The number of hydrogen-bond donors (Lipinski definition) is 1. The van der Waals surface area contributed by atoms with E-state index in [1.165, 1.54) is 11.3 Å². The molecule has 1 aliphatic heterocycles. The molecule has 0 saturated carbocycles. The molecule has 0 aliphatic carbocycles. The highest BCUT2D eigenvalue weighted by molar-refractivity contribution is 7.12. The van der Waals surface area contributed by atoms with E-state index < -0.39 is 0 Å². The summed E-state index contributed by atoms with van der Waals surface area (Å²) in [5.74, 6) is 0.634. The van der Waals surface area contributed by atoms with Gasteiger partial charge in [-0.3, -0.25) is 4.79 Å². The molecule has 0 aromatic carbocycles. The van der Waals surface area contributed by atoms with Crippen LogP contribution in [0.4, 0.5) is 0 Å². The Morgan fingerprint density at radius 1 is 1.76 bits per heavy atom. The topological polar surface area (TPSA) is 64.8 Å². The van der Waals surface area contributed by atoms with Crippen LogP contribution in [0.3, 0.4) is 0 Å². The summed E-state index contributed by atoms with van der Waals surface area (Å²) in [6.07, 6.45) is -0.0568. The monoisotopic (exact) mass is 256 g/mol. The molecule has 1 aromatic heterocycles. The highest BCUT2D eigenvalue weighted by Gasteiger charge is 2.26. The second kappa shape index (κ2) is 5.48. The number of amides is 1. The number of nitrogens with two attached hydrogens (primary N) is 1. The van der Waals surface area contributed by atoms with Crippen molar-refractivity contribution in [3.63, 3.8) is 0 Å². The van der Waals surface area contributed by atoms with Crippen molar-refractivity contribution in [2.45, 2.75) is 6.10 Å². The molecule has 5 nitrogen and oxygen atoms in total. The van der Waals surface area contributed by atoms with E-state index in [1.807, 2.05) is 5.38 Å². The number of thiophene rings is 1. The van der Waals surface area contributed by atoms with Crippen LogP contribution in [0.5, 0.6) is 5.75 Å². The Morgan fingerprint density at radius 2 is 2.59 bits per heavy atom. The fourth-order valence-corrected chi connectivity index (χ4v) is 2.63. The molecule has 2 heterocycles. The maximum atomic E-state index is 12.3. The van der Waals surface area contributed by atoms with Crippen LogP contribution in [0.25, 0.3) is 0 Å². The Hall–Kier alpha value is -1.11. The van der Waals surface area contributed by atoms with Gasteiger partial charge in [-0.1, -0.05) is 0 Å². The molecule has 6 heteroatoms. The van der Waals surface area contributed by atoms with Crippen LogP contribution in [0, 0.1) is 0 Å². The van der Waals surface area contributed by atoms with E-state index in [0.717, 1.165) is 0 Å². The van der Waals surface area contributed by atoms with Crippen molar-refractivity contribution in [2.24, 2.45) is 5.73 Å². The third kappa shape index (κ3) is 2.59. The number of rotatable bonds is 3. The lowest BCUT2D eigenvalue weighted by atomic mass is 10.2. The Kier molecular flexibility index (Phi) is 3.98. The van der Waals surface area contributed by atoms with E-state index in [1.54, 1.807) is 18.1 Å². The number of hydrogen-bond acceptors (Lipinski definition) is 5. The SMILES string of the molecule is COc1ccsc1C(=O)N1CCOC(CN)C1. The molecular weight excluding hydrogens is 240 g/mol. The van der Waals surface area contributed by atoms with E-state index in [2.05, 4.69) is 0 Å². The molecule has 1 atom stereocenters. The molecule has 1 amide bonds. The van der Waals surface area contributed by atoms with Crippen LogP contribution in [0.2, 0.25) is 0 Å². The molecular formula is C11H16N2O3S. The molecule has 1 fully saturated rings. The van der Waals surface area contributed by atoms with Gasteiger partial charge in [0.2, 0.25) is 0 Å². The van der Waals surface area contributed by atoms with Gasteiger partial charge in [-0.05, 0) is 11.4 Å². The zero-order chi connectivity index (χ0) is 12.3. The molecule has 0 bridgehead atoms. The molecule has 17 heavy (non-hydrogen) atoms. The van der Waals surface area contributed by atoms with E-state index in [0.29, 0.717) is 36.9 Å². The molecule has 2 rings (SSSR count). The fraction of sp³-hybridized carbons (Fsp3) is 0.545. The fourth-order valence-electron chi connectivity index (χ4n) is 1.80. The summed E-state index contributed by atoms with van der Waals surface area (Å²) >= 11 is 1.40. The van der Waals surface area contributed by atoms with Crippen molar-refractivity contribution in [3.05, 3.63) is 16.3 Å². The van der Waals surface area contributed by atoms with Crippen molar-refractivity contribution in [2.75, 3.05) is 33.4 Å². The predicted molar refractivity (Wildman–Crippen MR) is 65.6 cm³/mol. The van der Waals surface area contributed by atoms with Gasteiger partial charge in [-0.25, -0.2) is 0 Å². The summed E-state index contributed by atoms with van der Waals surface area (Å²) < 4.78 is 10.6. The van der Waals surface area contributed by atoms with Crippen molar-refractivity contribution < 1.29 is 14.3 Å². The van der Waals surface area contributed by atoms with Crippen LogP contribution in [-0.2, 0) is 4.74 Å². The molecule has 1 unspecified atom stereocenters. The molecule has 1 aromatic rings. The molecule has 1 saturated heterocycles. The van der Waals surface area contributed by atoms with Gasteiger partial charge in [0.05, 0.1) is 19.8 Å². The second-order valence-corrected chi connectivity index (χ2v) is 4.71. The summed E-state index contributed by atoms with van der Waals surface area (Å²) in [5, 5.41) is 1.85. The summed E-state index contributed by atoms with van der Waals surface area (Å²) in [6.45, 7) is 2.14. The number of ether oxygens (including phenoxy) is 2. The summed E-state index contributed by atoms with van der Waals surface area (Å²) in [5.41, 5.74) is 5.56. The van der Waals surface area contributed by atoms with E-state index in [4.69, 9.17) is 15.2 Å². The maximum absolute atomic E-state index is 12.3. The van der Waals surface area contributed by atoms with Gasteiger partial charge >= 0.3 is 0 Å². The van der Waals surface area contributed by atoms with Crippen LogP contribution in [-0.4, -0.2) is 50.3 Å². The molecule has 2 N–H and O–H groups in total. The highest BCUT2D eigenvalue weighted by atomic mass is 32.1. The standard InChI is InChI=1S/C11H16N2O3S/c1-15-9-2-5-17-10(9)11(14)13-3-4-16-8(6-12)7-13/h2,5,8H,3-4,6-7,12H2,1H3. The number of carbonyl (C=O) groups excluding carboxylic acids is 1. The molecule has 94 valence electrons. The third-order valence-corrected chi connectivity index (χ3v) is 3.62. The highest BCUT2D eigenvalue weighted by Crippen LogP contribution is 2.26. The van der Waals surface area contributed by atoms with Gasteiger partial charge in [0.1, 0.15) is 10.6 Å². The van der Waals surface area contributed by atoms with Gasteiger partial charge in [-0.2, -0.15) is 0 Å². The second-order valence-electron chi connectivity index (χ2n) is 3.80. The first-order valence-electron chi connectivity index (χ1n) is 5.48. The first-order chi connectivity index (χ1) is 8.26. The third-order valence-electron chi connectivity index (χ3n) is 2.73. The largest absolute Gasteiger partial charge is 0.495 e. The summed E-state index contributed by atoms with van der Waals surface area (Å²) in [4.78, 5) is 14.7. The van der Waals surface area contributed by atoms with Crippen molar-refractivity contribution >= 4 is 17.2 Å². The predicted octanol–water partition coefficient (Wildman–Crippen LogP) is 0.556. The first kappa shape index (κ1) is 12.3. The van der Waals surface area contributed by atoms with Gasteiger partial charge in [0, 0.05) is 19.6 Å².